The molecular weight excluding hydrogens is 328 g/mol. The minimum Gasteiger partial charge on any atom is -0.342 e. The minimum atomic E-state index is -0.606. The van der Waals surface area contributed by atoms with E-state index >= 15 is 0 Å². The van der Waals surface area contributed by atoms with Gasteiger partial charge in [0.25, 0.3) is 11.6 Å². The van der Waals surface area contributed by atoms with Crippen LogP contribution < -0.4 is 5.32 Å². The smallest absolute Gasteiger partial charge is 0.282 e. The number of nitro benzene ring substituents is 1. The van der Waals surface area contributed by atoms with Gasteiger partial charge in [0.2, 0.25) is 0 Å². The van der Waals surface area contributed by atoms with E-state index in [1.54, 1.807) is 24.3 Å². The molecule has 0 radical (unpaired) electrons. The lowest BCUT2D eigenvalue weighted by Gasteiger charge is -2.33. The molecule has 0 heterocycles. The summed E-state index contributed by atoms with van der Waals surface area (Å²) < 4.78 is 0. The average Bonchev–Trinajstić information content (AvgIpc) is 2.60. The van der Waals surface area contributed by atoms with Crippen LogP contribution in [0.3, 0.4) is 0 Å². The summed E-state index contributed by atoms with van der Waals surface area (Å²) in [6.07, 6.45) is 1.30. The van der Waals surface area contributed by atoms with Gasteiger partial charge in [0, 0.05) is 11.1 Å². The predicted octanol–water partition coefficient (Wildman–Crippen LogP) is 4.69. The number of carbonyl (C=O) groups is 1. The van der Waals surface area contributed by atoms with Gasteiger partial charge in [-0.15, -0.1) is 0 Å². The van der Waals surface area contributed by atoms with E-state index in [0.717, 1.165) is 5.56 Å². The Bertz CT molecular complexity index is 740. The van der Waals surface area contributed by atoms with Gasteiger partial charge in [-0.1, -0.05) is 49.7 Å². The van der Waals surface area contributed by atoms with Crippen molar-refractivity contribution in [3.63, 3.8) is 0 Å². The third-order valence-corrected chi connectivity index (χ3v) is 4.55. The molecule has 0 spiro atoms. The van der Waals surface area contributed by atoms with Gasteiger partial charge in [-0.3, -0.25) is 14.9 Å². The van der Waals surface area contributed by atoms with Gasteiger partial charge in [0.15, 0.2) is 0 Å². The van der Waals surface area contributed by atoms with Gasteiger partial charge in [0.1, 0.15) is 5.56 Å². The highest BCUT2D eigenvalue weighted by Crippen LogP contribution is 2.31. The van der Waals surface area contributed by atoms with E-state index in [1.807, 2.05) is 26.0 Å². The number of halogens is 1. The van der Waals surface area contributed by atoms with Crippen LogP contribution in [0.15, 0.2) is 48.5 Å². The molecule has 2 rings (SSSR count). The number of nitro groups is 1. The Hall–Kier alpha value is -2.40. The second-order valence-electron chi connectivity index (χ2n) is 5.52. The van der Waals surface area contributed by atoms with Crippen LogP contribution in [0.4, 0.5) is 5.69 Å². The summed E-state index contributed by atoms with van der Waals surface area (Å²) in [6, 6.07) is 13.2. The second-order valence-corrected chi connectivity index (χ2v) is 5.96. The van der Waals surface area contributed by atoms with Crippen LogP contribution in [0.5, 0.6) is 0 Å². The lowest BCUT2D eigenvalue weighted by molar-refractivity contribution is -0.385. The van der Waals surface area contributed by atoms with Crippen LogP contribution in [0.1, 0.15) is 42.6 Å². The van der Waals surface area contributed by atoms with Crippen molar-refractivity contribution in [2.45, 2.75) is 32.2 Å². The molecule has 2 aromatic rings. The number of carbonyl (C=O) groups excluding carboxylic acids is 1. The SMILES string of the molecule is CCC(CC)(NC(=O)c1ccccc1[N+](=O)[O-])c1ccc(Cl)cc1. The molecule has 0 fully saturated rings. The molecule has 0 saturated heterocycles. The van der Waals surface area contributed by atoms with Crippen LogP contribution in [0.25, 0.3) is 0 Å². The van der Waals surface area contributed by atoms with Gasteiger partial charge >= 0.3 is 0 Å². The fourth-order valence-corrected chi connectivity index (χ4v) is 2.91. The van der Waals surface area contributed by atoms with Gasteiger partial charge in [-0.05, 0) is 36.6 Å². The van der Waals surface area contributed by atoms with Crippen LogP contribution >= 0.6 is 11.6 Å². The second kappa shape index (κ2) is 7.45. The van der Waals surface area contributed by atoms with E-state index < -0.39 is 16.4 Å². The zero-order valence-corrected chi connectivity index (χ0v) is 14.3. The summed E-state index contributed by atoms with van der Waals surface area (Å²) in [5, 5.41) is 14.8. The fraction of sp³-hybridized carbons (Fsp3) is 0.278. The summed E-state index contributed by atoms with van der Waals surface area (Å²) in [6.45, 7) is 3.94. The van der Waals surface area contributed by atoms with Crippen LogP contribution in [0, 0.1) is 10.1 Å². The summed E-state index contributed by atoms with van der Waals surface area (Å²) in [4.78, 5) is 23.3. The van der Waals surface area contributed by atoms with E-state index in [2.05, 4.69) is 5.32 Å². The fourth-order valence-electron chi connectivity index (χ4n) is 2.79. The molecule has 0 aliphatic carbocycles. The van der Waals surface area contributed by atoms with Crippen LogP contribution in [-0.4, -0.2) is 10.8 Å². The van der Waals surface area contributed by atoms with E-state index in [0.29, 0.717) is 17.9 Å². The van der Waals surface area contributed by atoms with Crippen molar-refractivity contribution in [2.75, 3.05) is 0 Å². The number of amides is 1. The van der Waals surface area contributed by atoms with E-state index in [1.165, 1.54) is 12.1 Å². The quantitative estimate of drug-likeness (QED) is 0.609. The Morgan fingerprint density at radius 2 is 1.71 bits per heavy atom. The van der Waals surface area contributed by atoms with Crippen molar-refractivity contribution in [2.24, 2.45) is 0 Å². The van der Waals surface area contributed by atoms with E-state index in [-0.39, 0.29) is 11.3 Å². The number of nitrogens with zero attached hydrogens (tertiary/aromatic N) is 1. The Kier molecular flexibility index (Phi) is 5.57. The average molecular weight is 347 g/mol. The molecule has 0 aliphatic rings. The molecule has 24 heavy (non-hydrogen) atoms. The largest absolute Gasteiger partial charge is 0.342 e. The highest BCUT2D eigenvalue weighted by atomic mass is 35.5. The molecule has 0 aliphatic heterocycles. The molecule has 0 aromatic heterocycles. The molecule has 0 bridgehead atoms. The zero-order valence-electron chi connectivity index (χ0n) is 13.6. The Morgan fingerprint density at radius 3 is 2.25 bits per heavy atom. The Balaban J connectivity index is 2.39. The van der Waals surface area contributed by atoms with Crippen LogP contribution in [0.2, 0.25) is 5.02 Å². The first-order chi connectivity index (χ1) is 11.4. The molecule has 1 N–H and O–H groups in total. The Labute approximate surface area is 145 Å². The minimum absolute atomic E-state index is 0.0581. The van der Waals surface area contributed by atoms with Crippen molar-refractivity contribution in [1.29, 1.82) is 0 Å². The summed E-state index contributed by atoms with van der Waals surface area (Å²) in [7, 11) is 0. The van der Waals surface area contributed by atoms with Crippen LogP contribution in [-0.2, 0) is 5.54 Å². The van der Waals surface area contributed by atoms with Crippen molar-refractivity contribution in [3.8, 4) is 0 Å². The number of hydrogen-bond donors (Lipinski definition) is 1. The molecule has 0 unspecified atom stereocenters. The third kappa shape index (κ3) is 3.57. The summed E-state index contributed by atoms with van der Waals surface area (Å²) >= 11 is 5.94. The monoisotopic (exact) mass is 346 g/mol. The molecule has 0 saturated carbocycles. The molecule has 6 heteroatoms. The zero-order chi connectivity index (χ0) is 17.7. The molecule has 1 amide bonds. The number of benzene rings is 2. The van der Waals surface area contributed by atoms with Crippen molar-refractivity contribution in [3.05, 3.63) is 74.8 Å². The van der Waals surface area contributed by atoms with Gasteiger partial charge < -0.3 is 5.32 Å². The normalized spacial score (nSPS) is 11.1. The van der Waals surface area contributed by atoms with Gasteiger partial charge in [0.05, 0.1) is 10.5 Å². The standard InChI is InChI=1S/C18H19ClN2O3/c1-3-18(4-2,13-9-11-14(19)12-10-13)20-17(22)15-7-5-6-8-16(15)21(23)24/h5-12H,3-4H2,1-2H3,(H,20,22). The third-order valence-electron chi connectivity index (χ3n) is 4.30. The maximum absolute atomic E-state index is 12.7. The molecule has 2 aromatic carbocycles. The topological polar surface area (TPSA) is 72.2 Å². The van der Waals surface area contributed by atoms with Gasteiger partial charge in [-0.2, -0.15) is 0 Å². The van der Waals surface area contributed by atoms with E-state index in [4.69, 9.17) is 11.6 Å². The van der Waals surface area contributed by atoms with Gasteiger partial charge in [-0.25, -0.2) is 0 Å². The lowest BCUT2D eigenvalue weighted by atomic mass is 9.84. The molecule has 5 nitrogen and oxygen atoms in total. The predicted molar refractivity (Wildman–Crippen MR) is 94.3 cm³/mol. The lowest BCUT2D eigenvalue weighted by Crippen LogP contribution is -2.45. The number of nitrogens with one attached hydrogen (secondary N) is 1. The first kappa shape index (κ1) is 17.9. The number of hydrogen-bond acceptors (Lipinski definition) is 3. The van der Waals surface area contributed by atoms with Crippen molar-refractivity contribution < 1.29 is 9.72 Å². The molecule has 0 atom stereocenters. The highest BCUT2D eigenvalue weighted by molar-refractivity contribution is 6.30. The van der Waals surface area contributed by atoms with Crippen molar-refractivity contribution in [1.82, 2.24) is 5.32 Å². The first-order valence-corrected chi connectivity index (χ1v) is 8.13. The Morgan fingerprint density at radius 1 is 1.12 bits per heavy atom. The molecular formula is C18H19ClN2O3. The molecule has 126 valence electrons. The van der Waals surface area contributed by atoms with E-state index in [9.17, 15) is 14.9 Å². The summed E-state index contributed by atoms with van der Waals surface area (Å²) in [5.74, 6) is -0.457. The number of para-hydroxylation sites is 1. The highest BCUT2D eigenvalue weighted by Gasteiger charge is 2.32. The maximum Gasteiger partial charge on any atom is 0.282 e. The summed E-state index contributed by atoms with van der Waals surface area (Å²) in [5.41, 5.74) is 0.171. The number of rotatable bonds is 6. The first-order valence-electron chi connectivity index (χ1n) is 7.75. The van der Waals surface area contributed by atoms with Crippen molar-refractivity contribution >= 4 is 23.2 Å². The maximum atomic E-state index is 12.7.